The van der Waals surface area contributed by atoms with Gasteiger partial charge in [-0.05, 0) is 31.2 Å². The summed E-state index contributed by atoms with van der Waals surface area (Å²) in [5, 5.41) is 6.67. The summed E-state index contributed by atoms with van der Waals surface area (Å²) in [7, 11) is 1.46. The maximum atomic E-state index is 13.1. The fraction of sp³-hybridized carbons (Fsp3) is 0.474. The molecular formula is C19H25F4IN6. The Balaban J connectivity index is 0.00000320. The summed E-state index contributed by atoms with van der Waals surface area (Å²) in [5.41, 5.74) is 0.0826. The normalized spacial score (nSPS) is 15.2. The SMILES string of the molecule is CCNC(=NCc1cn(C)nc1C(F)(F)F)N1CCN(c2ccc(F)cc2)CC1.I. The van der Waals surface area contributed by atoms with E-state index in [0.29, 0.717) is 38.7 Å². The molecule has 0 atom stereocenters. The second-order valence-corrected chi connectivity index (χ2v) is 6.80. The van der Waals surface area contributed by atoms with Gasteiger partial charge in [0.25, 0.3) is 0 Å². The first kappa shape index (κ1) is 24.2. The number of aryl methyl sites for hydroxylation is 1. The molecule has 1 aliphatic rings. The topological polar surface area (TPSA) is 48.7 Å². The monoisotopic (exact) mass is 540 g/mol. The lowest BCUT2D eigenvalue weighted by Crippen LogP contribution is -2.52. The van der Waals surface area contributed by atoms with Crippen LogP contribution in [-0.4, -0.2) is 53.4 Å². The molecule has 0 bridgehead atoms. The highest BCUT2D eigenvalue weighted by Crippen LogP contribution is 2.30. The van der Waals surface area contributed by atoms with Crippen molar-refractivity contribution in [2.24, 2.45) is 12.0 Å². The van der Waals surface area contributed by atoms with Crippen LogP contribution in [0.2, 0.25) is 0 Å². The molecule has 1 aromatic carbocycles. The quantitative estimate of drug-likeness (QED) is 0.280. The van der Waals surface area contributed by atoms with E-state index in [1.54, 1.807) is 12.1 Å². The lowest BCUT2D eigenvalue weighted by molar-refractivity contribution is -0.142. The van der Waals surface area contributed by atoms with Crippen LogP contribution in [0.1, 0.15) is 18.2 Å². The van der Waals surface area contributed by atoms with Gasteiger partial charge in [-0.1, -0.05) is 0 Å². The summed E-state index contributed by atoms with van der Waals surface area (Å²) in [5.74, 6) is 0.297. The number of nitrogens with zero attached hydrogens (tertiary/aromatic N) is 5. The minimum Gasteiger partial charge on any atom is -0.368 e. The third-order valence-electron chi connectivity index (χ3n) is 4.68. The van der Waals surface area contributed by atoms with Crippen molar-refractivity contribution in [1.29, 1.82) is 0 Å². The van der Waals surface area contributed by atoms with Gasteiger partial charge in [0.2, 0.25) is 0 Å². The van der Waals surface area contributed by atoms with Crippen LogP contribution < -0.4 is 10.2 Å². The zero-order valence-electron chi connectivity index (χ0n) is 16.8. The number of hydrogen-bond donors (Lipinski definition) is 1. The highest BCUT2D eigenvalue weighted by atomic mass is 127. The molecule has 0 spiro atoms. The van der Waals surface area contributed by atoms with Crippen molar-refractivity contribution in [3.05, 3.63) is 47.5 Å². The average Bonchev–Trinajstić information content (AvgIpc) is 3.07. The molecule has 0 amide bonds. The summed E-state index contributed by atoms with van der Waals surface area (Å²) < 4.78 is 53.7. The number of guanidine groups is 1. The Labute approximate surface area is 190 Å². The molecular weight excluding hydrogens is 515 g/mol. The minimum atomic E-state index is -4.51. The van der Waals surface area contributed by atoms with E-state index in [-0.39, 0.29) is 41.9 Å². The molecule has 0 radical (unpaired) electrons. The number of anilines is 1. The molecule has 3 rings (SSSR count). The molecule has 1 saturated heterocycles. The van der Waals surface area contributed by atoms with E-state index in [0.717, 1.165) is 10.4 Å². The predicted octanol–water partition coefficient (Wildman–Crippen LogP) is 3.48. The van der Waals surface area contributed by atoms with Gasteiger partial charge in [-0.3, -0.25) is 4.68 Å². The second kappa shape index (κ2) is 10.3. The predicted molar refractivity (Wildman–Crippen MR) is 119 cm³/mol. The Morgan fingerprint density at radius 1 is 1.13 bits per heavy atom. The summed E-state index contributed by atoms with van der Waals surface area (Å²) in [6, 6.07) is 6.34. The number of piperazine rings is 1. The summed E-state index contributed by atoms with van der Waals surface area (Å²) in [6.45, 7) is 5.13. The van der Waals surface area contributed by atoms with Crippen molar-refractivity contribution < 1.29 is 17.6 Å². The highest BCUT2D eigenvalue weighted by molar-refractivity contribution is 14.0. The van der Waals surface area contributed by atoms with E-state index in [1.165, 1.54) is 25.4 Å². The first-order valence-electron chi connectivity index (χ1n) is 9.41. The van der Waals surface area contributed by atoms with Crippen LogP contribution in [0.25, 0.3) is 0 Å². The molecule has 1 N–H and O–H groups in total. The van der Waals surface area contributed by atoms with Gasteiger partial charge in [-0.15, -0.1) is 24.0 Å². The standard InChI is InChI=1S/C19H24F4N6.HI/c1-3-24-18(25-12-14-13-27(2)26-17(14)19(21,22)23)29-10-8-28(9-11-29)16-6-4-15(20)5-7-16;/h4-7,13H,3,8-12H2,1-2H3,(H,24,25);1H. The number of aromatic nitrogens is 2. The van der Waals surface area contributed by atoms with Gasteiger partial charge in [0.15, 0.2) is 11.7 Å². The van der Waals surface area contributed by atoms with Crippen molar-refractivity contribution in [2.75, 3.05) is 37.6 Å². The van der Waals surface area contributed by atoms with Gasteiger partial charge in [0.1, 0.15) is 5.82 Å². The number of hydrogen-bond acceptors (Lipinski definition) is 3. The van der Waals surface area contributed by atoms with Crippen molar-refractivity contribution in [2.45, 2.75) is 19.6 Å². The molecule has 11 heteroatoms. The van der Waals surface area contributed by atoms with E-state index in [1.807, 2.05) is 11.8 Å². The largest absolute Gasteiger partial charge is 0.435 e. The third-order valence-corrected chi connectivity index (χ3v) is 4.68. The fourth-order valence-corrected chi connectivity index (χ4v) is 3.31. The number of rotatable bonds is 4. The van der Waals surface area contributed by atoms with Gasteiger partial charge in [-0.25, -0.2) is 9.38 Å². The zero-order chi connectivity index (χ0) is 21.0. The Bertz CT molecular complexity index is 842. The zero-order valence-corrected chi connectivity index (χ0v) is 19.1. The Morgan fingerprint density at radius 2 is 1.77 bits per heavy atom. The van der Waals surface area contributed by atoms with E-state index in [2.05, 4.69) is 20.3 Å². The molecule has 0 saturated carbocycles. The van der Waals surface area contributed by atoms with Crippen molar-refractivity contribution >= 4 is 35.6 Å². The van der Waals surface area contributed by atoms with Gasteiger partial charge >= 0.3 is 6.18 Å². The average molecular weight is 540 g/mol. The Kier molecular flexibility index (Phi) is 8.33. The van der Waals surface area contributed by atoms with Crippen LogP contribution in [0.5, 0.6) is 0 Å². The molecule has 166 valence electrons. The smallest absolute Gasteiger partial charge is 0.368 e. The van der Waals surface area contributed by atoms with Crippen molar-refractivity contribution in [1.82, 2.24) is 20.0 Å². The lowest BCUT2D eigenvalue weighted by Gasteiger charge is -2.37. The Morgan fingerprint density at radius 3 is 2.33 bits per heavy atom. The van der Waals surface area contributed by atoms with Crippen LogP contribution in [0.3, 0.4) is 0 Å². The van der Waals surface area contributed by atoms with Gasteiger partial charge < -0.3 is 15.1 Å². The minimum absolute atomic E-state index is 0. The Hall–Kier alpha value is -2.05. The molecule has 0 aliphatic carbocycles. The number of alkyl halides is 3. The third kappa shape index (κ3) is 5.99. The second-order valence-electron chi connectivity index (χ2n) is 6.80. The number of aliphatic imine (C=N–C) groups is 1. The maximum Gasteiger partial charge on any atom is 0.435 e. The number of nitrogens with one attached hydrogen (secondary N) is 1. The first-order valence-corrected chi connectivity index (χ1v) is 9.41. The van der Waals surface area contributed by atoms with E-state index in [9.17, 15) is 17.6 Å². The molecule has 1 aliphatic heterocycles. The molecule has 0 unspecified atom stereocenters. The molecule has 1 aromatic heterocycles. The molecule has 1 fully saturated rings. The summed E-state index contributed by atoms with van der Waals surface area (Å²) >= 11 is 0. The van der Waals surface area contributed by atoms with Crippen LogP contribution in [0.4, 0.5) is 23.2 Å². The summed E-state index contributed by atoms with van der Waals surface area (Å²) in [6.07, 6.45) is -3.16. The fourth-order valence-electron chi connectivity index (χ4n) is 3.31. The van der Waals surface area contributed by atoms with Crippen LogP contribution in [-0.2, 0) is 19.8 Å². The van der Waals surface area contributed by atoms with Crippen LogP contribution >= 0.6 is 24.0 Å². The molecule has 2 aromatic rings. The van der Waals surface area contributed by atoms with E-state index >= 15 is 0 Å². The number of halogens is 5. The van der Waals surface area contributed by atoms with Gasteiger partial charge in [-0.2, -0.15) is 18.3 Å². The molecule has 2 heterocycles. The van der Waals surface area contributed by atoms with E-state index < -0.39 is 11.9 Å². The first-order chi connectivity index (χ1) is 13.8. The highest BCUT2D eigenvalue weighted by Gasteiger charge is 2.36. The summed E-state index contributed by atoms with van der Waals surface area (Å²) in [4.78, 5) is 8.58. The van der Waals surface area contributed by atoms with E-state index in [4.69, 9.17) is 0 Å². The van der Waals surface area contributed by atoms with Crippen molar-refractivity contribution in [3.8, 4) is 0 Å². The van der Waals surface area contributed by atoms with Crippen molar-refractivity contribution in [3.63, 3.8) is 0 Å². The number of benzene rings is 1. The maximum absolute atomic E-state index is 13.1. The van der Waals surface area contributed by atoms with Crippen LogP contribution in [0, 0.1) is 5.82 Å². The lowest BCUT2D eigenvalue weighted by atomic mass is 10.2. The van der Waals surface area contributed by atoms with Gasteiger partial charge in [0.05, 0.1) is 6.54 Å². The van der Waals surface area contributed by atoms with Gasteiger partial charge in [0, 0.05) is 57.2 Å². The molecule has 6 nitrogen and oxygen atoms in total. The van der Waals surface area contributed by atoms with Crippen LogP contribution in [0.15, 0.2) is 35.5 Å². The molecule has 30 heavy (non-hydrogen) atoms.